The van der Waals surface area contributed by atoms with Gasteiger partial charge in [-0.25, -0.2) is 9.97 Å². The minimum Gasteiger partial charge on any atom is -0.491 e. The van der Waals surface area contributed by atoms with Crippen LogP contribution >= 0.6 is 0 Å². The molecule has 0 radical (unpaired) electrons. The molecule has 9 heteroatoms. The Morgan fingerprint density at radius 2 is 1.82 bits per heavy atom. The number of hydrogen-bond donors (Lipinski definition) is 0. The van der Waals surface area contributed by atoms with Gasteiger partial charge in [0.25, 0.3) is 5.91 Å². The van der Waals surface area contributed by atoms with Gasteiger partial charge < -0.3 is 28.6 Å². The molecule has 1 fully saturated rings. The van der Waals surface area contributed by atoms with Crippen LogP contribution < -0.4 is 9.64 Å². The number of anilines is 1. The maximum absolute atomic E-state index is 13.6. The standard InChI is InChI=1S/C25H33N5O4/c1-4-19-17-26-18-27-24(19)28-7-9-29(10-8-28)25(31)23-15-20-5-6-21(34-14-13-33-3)16-22(20)30(23)11-12-32-2/h5-6,15-18H,4,7-14H2,1-3H3. The molecule has 2 aromatic heterocycles. The number of piperazine rings is 1. The third kappa shape index (κ3) is 5.15. The van der Waals surface area contributed by atoms with Crippen molar-refractivity contribution in [3.8, 4) is 5.75 Å². The lowest BCUT2D eigenvalue weighted by Crippen LogP contribution is -2.49. The highest BCUT2D eigenvalue weighted by Crippen LogP contribution is 2.27. The average molecular weight is 468 g/mol. The van der Waals surface area contributed by atoms with E-state index in [0.717, 1.165) is 47.5 Å². The van der Waals surface area contributed by atoms with E-state index in [0.29, 0.717) is 45.1 Å². The van der Waals surface area contributed by atoms with Crippen LogP contribution in [-0.2, 0) is 22.4 Å². The van der Waals surface area contributed by atoms with Gasteiger partial charge in [-0.3, -0.25) is 4.79 Å². The zero-order chi connectivity index (χ0) is 23.9. The predicted molar refractivity (Wildman–Crippen MR) is 131 cm³/mol. The van der Waals surface area contributed by atoms with Crippen LogP contribution in [0.1, 0.15) is 23.0 Å². The average Bonchev–Trinajstić information content (AvgIpc) is 3.25. The van der Waals surface area contributed by atoms with Gasteiger partial charge in [-0.05, 0) is 24.6 Å². The molecule has 9 nitrogen and oxygen atoms in total. The maximum Gasteiger partial charge on any atom is 0.270 e. The summed E-state index contributed by atoms with van der Waals surface area (Å²) in [5, 5.41) is 1.01. The zero-order valence-corrected chi connectivity index (χ0v) is 20.2. The minimum absolute atomic E-state index is 0.0345. The molecule has 1 aliphatic heterocycles. The van der Waals surface area contributed by atoms with Crippen LogP contribution in [0, 0.1) is 0 Å². The van der Waals surface area contributed by atoms with Crippen molar-refractivity contribution in [1.82, 2.24) is 19.4 Å². The van der Waals surface area contributed by atoms with Gasteiger partial charge in [-0.2, -0.15) is 0 Å². The first kappa shape index (κ1) is 24.0. The number of carbonyl (C=O) groups excluding carboxylic acids is 1. The summed E-state index contributed by atoms with van der Waals surface area (Å²) in [6.45, 7) is 6.97. The fourth-order valence-corrected chi connectivity index (χ4v) is 4.34. The molecule has 0 N–H and O–H groups in total. The molecule has 182 valence electrons. The van der Waals surface area contributed by atoms with E-state index in [-0.39, 0.29) is 5.91 Å². The Bertz CT molecular complexity index is 1110. The largest absolute Gasteiger partial charge is 0.491 e. The van der Waals surface area contributed by atoms with Gasteiger partial charge in [0.1, 0.15) is 30.2 Å². The monoisotopic (exact) mass is 467 g/mol. The number of aryl methyl sites for hydroxylation is 1. The Morgan fingerprint density at radius 3 is 2.56 bits per heavy atom. The lowest BCUT2D eigenvalue weighted by molar-refractivity contribution is 0.0733. The summed E-state index contributed by atoms with van der Waals surface area (Å²) in [4.78, 5) is 26.4. The van der Waals surface area contributed by atoms with E-state index in [1.165, 1.54) is 0 Å². The van der Waals surface area contributed by atoms with E-state index in [4.69, 9.17) is 14.2 Å². The van der Waals surface area contributed by atoms with Crippen molar-refractivity contribution in [3.05, 3.63) is 48.0 Å². The molecular formula is C25H33N5O4. The molecule has 1 aliphatic rings. The van der Waals surface area contributed by atoms with Gasteiger partial charge >= 0.3 is 0 Å². The minimum atomic E-state index is 0.0345. The number of benzene rings is 1. The first-order valence-corrected chi connectivity index (χ1v) is 11.7. The molecule has 0 aliphatic carbocycles. The number of nitrogens with zero attached hydrogens (tertiary/aromatic N) is 5. The van der Waals surface area contributed by atoms with Crippen molar-refractivity contribution < 1.29 is 19.0 Å². The van der Waals surface area contributed by atoms with Crippen LogP contribution in [0.25, 0.3) is 10.9 Å². The number of methoxy groups -OCH3 is 2. The third-order valence-electron chi connectivity index (χ3n) is 6.18. The molecule has 0 unspecified atom stereocenters. The molecule has 1 aromatic carbocycles. The topological polar surface area (TPSA) is 82.0 Å². The first-order valence-electron chi connectivity index (χ1n) is 11.7. The maximum atomic E-state index is 13.6. The van der Waals surface area contributed by atoms with E-state index < -0.39 is 0 Å². The van der Waals surface area contributed by atoms with Gasteiger partial charge in [0, 0.05) is 70.2 Å². The number of rotatable bonds is 10. The van der Waals surface area contributed by atoms with Crippen LogP contribution in [0.3, 0.4) is 0 Å². The highest BCUT2D eigenvalue weighted by atomic mass is 16.5. The van der Waals surface area contributed by atoms with E-state index in [1.54, 1.807) is 20.5 Å². The molecule has 3 heterocycles. The van der Waals surface area contributed by atoms with Gasteiger partial charge in [0.05, 0.1) is 18.7 Å². The number of carbonyl (C=O) groups is 1. The highest BCUT2D eigenvalue weighted by Gasteiger charge is 2.26. The van der Waals surface area contributed by atoms with Gasteiger partial charge in [-0.15, -0.1) is 0 Å². The number of aromatic nitrogens is 3. The third-order valence-corrected chi connectivity index (χ3v) is 6.18. The molecule has 0 saturated carbocycles. The van der Waals surface area contributed by atoms with Gasteiger partial charge in [0.15, 0.2) is 0 Å². The first-order chi connectivity index (χ1) is 16.7. The van der Waals surface area contributed by atoms with Crippen LogP contribution in [-0.4, -0.2) is 85.6 Å². The molecule has 34 heavy (non-hydrogen) atoms. The van der Waals surface area contributed by atoms with Crippen LogP contribution in [0.5, 0.6) is 5.75 Å². The van der Waals surface area contributed by atoms with Crippen molar-refractivity contribution in [1.29, 1.82) is 0 Å². The highest BCUT2D eigenvalue weighted by molar-refractivity contribution is 5.99. The molecule has 0 bridgehead atoms. The molecular weight excluding hydrogens is 434 g/mol. The molecule has 0 atom stereocenters. The van der Waals surface area contributed by atoms with Crippen molar-refractivity contribution in [2.45, 2.75) is 19.9 Å². The van der Waals surface area contributed by atoms with Crippen molar-refractivity contribution in [2.24, 2.45) is 0 Å². The molecule has 1 amide bonds. The Kier molecular flexibility index (Phi) is 7.97. The lowest BCUT2D eigenvalue weighted by atomic mass is 10.2. The Labute approximate surface area is 200 Å². The number of ether oxygens (including phenoxy) is 3. The molecule has 0 spiro atoms. The number of amides is 1. The SMILES string of the molecule is CCc1cncnc1N1CCN(C(=O)c2cc3ccc(OCCOC)cc3n2CCOC)CC1. The Hall–Kier alpha value is -3.17. The second-order valence-electron chi connectivity index (χ2n) is 8.24. The van der Waals surface area contributed by atoms with Crippen molar-refractivity contribution in [2.75, 3.05) is 65.1 Å². The summed E-state index contributed by atoms with van der Waals surface area (Å²) in [5.74, 6) is 1.76. The summed E-state index contributed by atoms with van der Waals surface area (Å²) < 4.78 is 18.2. The summed E-state index contributed by atoms with van der Waals surface area (Å²) in [5.41, 5.74) is 2.76. The summed E-state index contributed by atoms with van der Waals surface area (Å²) in [6.07, 6.45) is 4.35. The van der Waals surface area contributed by atoms with Crippen molar-refractivity contribution >= 4 is 22.6 Å². The predicted octanol–water partition coefficient (Wildman–Crippen LogP) is 2.63. The van der Waals surface area contributed by atoms with Crippen LogP contribution in [0.4, 0.5) is 5.82 Å². The summed E-state index contributed by atoms with van der Waals surface area (Å²) >= 11 is 0. The number of fused-ring (bicyclic) bond motifs is 1. The second-order valence-corrected chi connectivity index (χ2v) is 8.24. The lowest BCUT2D eigenvalue weighted by Gasteiger charge is -2.36. The van der Waals surface area contributed by atoms with E-state index in [9.17, 15) is 4.79 Å². The quantitative estimate of drug-likeness (QED) is 0.424. The molecule has 4 rings (SSSR count). The van der Waals surface area contributed by atoms with Gasteiger partial charge in [-0.1, -0.05) is 6.92 Å². The summed E-state index contributed by atoms with van der Waals surface area (Å²) in [6, 6.07) is 7.88. The zero-order valence-electron chi connectivity index (χ0n) is 20.2. The molecule has 3 aromatic rings. The smallest absolute Gasteiger partial charge is 0.270 e. The number of hydrogen-bond acceptors (Lipinski definition) is 7. The van der Waals surface area contributed by atoms with Gasteiger partial charge in [0.2, 0.25) is 0 Å². The summed E-state index contributed by atoms with van der Waals surface area (Å²) in [7, 11) is 3.32. The Balaban J connectivity index is 1.53. The van der Waals surface area contributed by atoms with E-state index >= 15 is 0 Å². The van der Waals surface area contributed by atoms with Crippen LogP contribution in [0.15, 0.2) is 36.8 Å². The fraction of sp³-hybridized carbons (Fsp3) is 0.480. The van der Waals surface area contributed by atoms with Crippen molar-refractivity contribution in [3.63, 3.8) is 0 Å². The fourth-order valence-electron chi connectivity index (χ4n) is 4.34. The van der Waals surface area contributed by atoms with E-state index in [1.807, 2.05) is 39.9 Å². The Morgan fingerprint density at radius 1 is 1.03 bits per heavy atom. The van der Waals surface area contributed by atoms with E-state index in [2.05, 4.69) is 21.8 Å². The second kappa shape index (κ2) is 11.3. The van der Waals surface area contributed by atoms with Crippen LogP contribution in [0.2, 0.25) is 0 Å². The molecule has 1 saturated heterocycles. The normalized spacial score (nSPS) is 14.1.